The van der Waals surface area contributed by atoms with Crippen molar-refractivity contribution < 1.29 is 14.3 Å². The van der Waals surface area contributed by atoms with Crippen molar-refractivity contribution in [3.05, 3.63) is 36.4 Å². The zero-order chi connectivity index (χ0) is 23.4. The Balaban J connectivity index is 1.35. The van der Waals surface area contributed by atoms with Crippen molar-refractivity contribution in [1.82, 2.24) is 20.0 Å². The summed E-state index contributed by atoms with van der Waals surface area (Å²) >= 11 is 0. The van der Waals surface area contributed by atoms with E-state index in [-0.39, 0.29) is 30.3 Å². The van der Waals surface area contributed by atoms with Gasteiger partial charge in [0.15, 0.2) is 5.82 Å². The maximum Gasteiger partial charge on any atom is 0.242 e. The van der Waals surface area contributed by atoms with Gasteiger partial charge in [-0.25, -0.2) is 0 Å². The fourth-order valence-electron chi connectivity index (χ4n) is 4.16. The number of nitrogens with zero attached hydrogens (tertiary/aromatic N) is 5. The SMILES string of the molecule is COc1ccc(-c2ccc(N3CCCN(C(=O)CN(C(=O)C(C)C)C4CC4)CC3)nn2)cc1. The molecular formula is C25H33N5O3. The third-order valence-electron chi connectivity index (χ3n) is 6.28. The number of hydrogen-bond acceptors (Lipinski definition) is 6. The van der Waals surface area contributed by atoms with E-state index in [0.717, 1.165) is 48.6 Å². The van der Waals surface area contributed by atoms with E-state index in [1.807, 2.05) is 55.1 Å². The van der Waals surface area contributed by atoms with Crippen LogP contribution >= 0.6 is 0 Å². The predicted molar refractivity (Wildman–Crippen MR) is 127 cm³/mol. The van der Waals surface area contributed by atoms with E-state index in [4.69, 9.17) is 4.74 Å². The Bertz CT molecular complexity index is 957. The quantitative estimate of drug-likeness (QED) is 0.644. The Morgan fingerprint density at radius 3 is 2.39 bits per heavy atom. The molecule has 0 N–H and O–H groups in total. The van der Waals surface area contributed by atoms with Crippen molar-refractivity contribution in [1.29, 1.82) is 0 Å². The van der Waals surface area contributed by atoms with E-state index in [1.54, 1.807) is 12.0 Å². The predicted octanol–water partition coefficient (Wildman–Crippen LogP) is 2.84. The summed E-state index contributed by atoms with van der Waals surface area (Å²) in [5, 5.41) is 8.85. The van der Waals surface area contributed by atoms with Crippen molar-refractivity contribution >= 4 is 17.6 Å². The average Bonchev–Trinajstić information content (AvgIpc) is 3.69. The molecule has 8 heteroatoms. The van der Waals surface area contributed by atoms with Gasteiger partial charge in [-0.05, 0) is 55.7 Å². The van der Waals surface area contributed by atoms with Crippen LogP contribution in [0.4, 0.5) is 5.82 Å². The molecule has 1 saturated heterocycles. The molecule has 4 rings (SSSR count). The summed E-state index contributed by atoms with van der Waals surface area (Å²) in [6.07, 6.45) is 2.87. The first kappa shape index (κ1) is 23.0. The lowest BCUT2D eigenvalue weighted by atomic mass is 10.1. The van der Waals surface area contributed by atoms with Crippen LogP contribution in [0.15, 0.2) is 36.4 Å². The molecular weight excluding hydrogens is 418 g/mol. The van der Waals surface area contributed by atoms with Crippen LogP contribution in [0.5, 0.6) is 5.75 Å². The smallest absolute Gasteiger partial charge is 0.242 e. The van der Waals surface area contributed by atoms with E-state index in [2.05, 4.69) is 15.1 Å². The highest BCUT2D eigenvalue weighted by atomic mass is 16.5. The number of carbonyl (C=O) groups excluding carboxylic acids is 2. The van der Waals surface area contributed by atoms with Gasteiger partial charge in [-0.2, -0.15) is 0 Å². The summed E-state index contributed by atoms with van der Waals surface area (Å²) in [6.45, 7) is 6.82. The third-order valence-corrected chi connectivity index (χ3v) is 6.28. The van der Waals surface area contributed by atoms with Gasteiger partial charge in [-0.15, -0.1) is 10.2 Å². The average molecular weight is 452 g/mol. The number of methoxy groups -OCH3 is 1. The second kappa shape index (κ2) is 10.2. The van der Waals surface area contributed by atoms with Gasteiger partial charge >= 0.3 is 0 Å². The number of ether oxygens (including phenoxy) is 1. The molecule has 0 bridgehead atoms. The van der Waals surface area contributed by atoms with Crippen LogP contribution in [0.3, 0.4) is 0 Å². The molecule has 2 aliphatic rings. The highest BCUT2D eigenvalue weighted by molar-refractivity contribution is 5.86. The molecule has 8 nitrogen and oxygen atoms in total. The van der Waals surface area contributed by atoms with E-state index >= 15 is 0 Å². The van der Waals surface area contributed by atoms with E-state index in [1.165, 1.54) is 0 Å². The summed E-state index contributed by atoms with van der Waals surface area (Å²) in [6, 6.07) is 11.9. The molecule has 2 heterocycles. The van der Waals surface area contributed by atoms with Crippen LogP contribution in [-0.2, 0) is 9.59 Å². The second-order valence-corrected chi connectivity index (χ2v) is 9.08. The highest BCUT2D eigenvalue weighted by Crippen LogP contribution is 2.28. The van der Waals surface area contributed by atoms with Gasteiger partial charge in [-0.1, -0.05) is 13.8 Å². The molecule has 176 valence electrons. The summed E-state index contributed by atoms with van der Waals surface area (Å²) in [4.78, 5) is 31.4. The number of carbonyl (C=O) groups is 2. The summed E-state index contributed by atoms with van der Waals surface area (Å²) in [5.41, 5.74) is 1.79. The van der Waals surface area contributed by atoms with Gasteiger partial charge < -0.3 is 19.4 Å². The summed E-state index contributed by atoms with van der Waals surface area (Å²) in [5.74, 6) is 1.66. The fraction of sp³-hybridized carbons (Fsp3) is 0.520. The van der Waals surface area contributed by atoms with E-state index in [9.17, 15) is 9.59 Å². The molecule has 0 radical (unpaired) electrons. The monoisotopic (exact) mass is 451 g/mol. The summed E-state index contributed by atoms with van der Waals surface area (Å²) in [7, 11) is 1.65. The van der Waals surface area contributed by atoms with Gasteiger partial charge in [0.1, 0.15) is 12.3 Å². The molecule has 0 atom stereocenters. The zero-order valence-corrected chi connectivity index (χ0v) is 19.7. The lowest BCUT2D eigenvalue weighted by Crippen LogP contribution is -2.46. The minimum atomic E-state index is -0.0857. The molecule has 1 saturated carbocycles. The first-order valence-corrected chi connectivity index (χ1v) is 11.8. The third kappa shape index (κ3) is 5.61. The Kier molecular flexibility index (Phi) is 7.11. The Hall–Kier alpha value is -3.16. The number of rotatable bonds is 7. The van der Waals surface area contributed by atoms with Crippen LogP contribution in [0.2, 0.25) is 0 Å². The maximum absolute atomic E-state index is 13.0. The van der Waals surface area contributed by atoms with E-state index in [0.29, 0.717) is 19.6 Å². The number of anilines is 1. The second-order valence-electron chi connectivity index (χ2n) is 9.08. The van der Waals surface area contributed by atoms with Crippen LogP contribution in [-0.4, -0.2) is 77.7 Å². The number of amides is 2. The molecule has 1 aliphatic carbocycles. The van der Waals surface area contributed by atoms with Gasteiger partial charge in [0.05, 0.1) is 12.8 Å². The lowest BCUT2D eigenvalue weighted by Gasteiger charge is -2.28. The molecule has 1 aromatic heterocycles. The number of aromatic nitrogens is 2. The zero-order valence-electron chi connectivity index (χ0n) is 19.7. The molecule has 0 spiro atoms. The Morgan fingerprint density at radius 2 is 1.79 bits per heavy atom. The Labute approximate surface area is 195 Å². The molecule has 33 heavy (non-hydrogen) atoms. The van der Waals surface area contributed by atoms with Gasteiger partial charge in [0, 0.05) is 43.7 Å². The van der Waals surface area contributed by atoms with Crippen LogP contribution in [0.25, 0.3) is 11.3 Å². The minimum absolute atomic E-state index is 0.0405. The van der Waals surface area contributed by atoms with Gasteiger partial charge in [0.2, 0.25) is 11.8 Å². The Morgan fingerprint density at radius 1 is 1.03 bits per heavy atom. The normalized spacial score (nSPS) is 16.5. The van der Waals surface area contributed by atoms with Gasteiger partial charge in [-0.3, -0.25) is 9.59 Å². The van der Waals surface area contributed by atoms with E-state index < -0.39 is 0 Å². The van der Waals surface area contributed by atoms with Crippen molar-refractivity contribution in [2.24, 2.45) is 5.92 Å². The lowest BCUT2D eigenvalue weighted by molar-refractivity contribution is -0.142. The first-order valence-electron chi connectivity index (χ1n) is 11.8. The highest BCUT2D eigenvalue weighted by Gasteiger charge is 2.35. The van der Waals surface area contributed by atoms with Gasteiger partial charge in [0.25, 0.3) is 0 Å². The summed E-state index contributed by atoms with van der Waals surface area (Å²) < 4.78 is 5.21. The molecule has 0 unspecified atom stereocenters. The maximum atomic E-state index is 13.0. The van der Waals surface area contributed by atoms with Crippen LogP contribution in [0.1, 0.15) is 33.1 Å². The van der Waals surface area contributed by atoms with Crippen LogP contribution < -0.4 is 9.64 Å². The minimum Gasteiger partial charge on any atom is -0.497 e. The molecule has 2 aromatic rings. The van der Waals surface area contributed by atoms with Crippen LogP contribution in [0, 0.1) is 5.92 Å². The fourth-order valence-corrected chi connectivity index (χ4v) is 4.16. The first-order chi connectivity index (χ1) is 16.0. The number of benzene rings is 1. The van der Waals surface area contributed by atoms with Crippen molar-refractivity contribution in [3.8, 4) is 17.0 Å². The molecule has 1 aliphatic heterocycles. The molecule has 1 aromatic carbocycles. The van der Waals surface area contributed by atoms with Crippen molar-refractivity contribution in [2.75, 3.05) is 44.7 Å². The molecule has 2 amide bonds. The standard InChI is InChI=1S/C25H33N5O3/c1-18(2)25(32)30(20-7-8-20)17-24(31)29-14-4-13-28(15-16-29)23-12-11-22(26-27-23)19-5-9-21(33-3)10-6-19/h5-6,9-12,18,20H,4,7-8,13-17H2,1-3H3. The number of hydrogen-bond donors (Lipinski definition) is 0. The molecule has 2 fully saturated rings. The topological polar surface area (TPSA) is 78.9 Å². The van der Waals surface area contributed by atoms with Crippen molar-refractivity contribution in [3.63, 3.8) is 0 Å². The largest absolute Gasteiger partial charge is 0.497 e. The van der Waals surface area contributed by atoms with Crippen molar-refractivity contribution in [2.45, 2.75) is 39.2 Å².